The minimum atomic E-state index is -1.73. The molecular formula is C40H69N9O15. The number of aliphatic carboxylic acids is 2. The summed E-state index contributed by atoms with van der Waals surface area (Å²) >= 11 is 0. The molecule has 0 unspecified atom stereocenters. The van der Waals surface area contributed by atoms with Crippen LogP contribution in [0.15, 0.2) is 0 Å². The average Bonchev–Trinajstić information content (AvgIpc) is 3.21. The van der Waals surface area contributed by atoms with Gasteiger partial charge in [0.1, 0.15) is 48.3 Å². The molecule has 0 rings (SSSR count). The first kappa shape index (κ1) is 58.1. The van der Waals surface area contributed by atoms with Crippen LogP contribution in [0.5, 0.6) is 0 Å². The average molecular weight is 916 g/mol. The van der Waals surface area contributed by atoms with E-state index in [-0.39, 0.29) is 12.8 Å². The van der Waals surface area contributed by atoms with Crippen molar-refractivity contribution >= 4 is 65.1 Å². The molecule has 0 aliphatic heterocycles. The first-order valence-corrected chi connectivity index (χ1v) is 21.0. The third-order valence-corrected chi connectivity index (χ3v) is 10.0. The summed E-state index contributed by atoms with van der Waals surface area (Å²) in [5.74, 6) is -12.9. The molecule has 364 valence electrons. The SMILES string of the molecule is CC[C@H](C)[C@H](NC(=O)[C@H](CO)NC(=O)[C@@H](NC(=O)[C@H](CCC(=O)O)NC(=O)[C@@H](NC(=O)[C@H](CO)NC(C)=O)C(C)C)C(C)C)C(=O)N[C@@H](CCC(=O)O)C(=O)N[C@H](C(=O)NC)C(C)C. The van der Waals surface area contributed by atoms with Gasteiger partial charge in [-0.2, -0.15) is 0 Å². The Morgan fingerprint density at radius 1 is 0.422 bits per heavy atom. The van der Waals surface area contributed by atoms with Crippen molar-refractivity contribution in [2.45, 2.75) is 143 Å². The standard InChI is InChI=1S/C40H69N9O15/c1-11-21(8)32(40(64)44-24(13-15-28(55)56)33(57)46-29(18(2)3)37(61)41-10)49-36(60)26(17-51)45-39(63)31(20(6)7)47-34(58)23(12-14-27(53)54)43-38(62)30(19(4)5)48-35(59)25(16-50)42-22(9)52/h18-21,23-26,29-32,50-51H,11-17H2,1-10H3,(H,41,61)(H,42,52)(H,43,62)(H,44,64)(H,45,63)(H,46,57)(H,47,58)(H,48,59)(H,49,60)(H,53,54)(H,55,56)/t21-,23-,24-,25-,26-,29-,30-,31-,32-/m0/s1. The molecule has 0 saturated heterocycles. The first-order chi connectivity index (χ1) is 29.8. The summed E-state index contributed by atoms with van der Waals surface area (Å²) in [6.45, 7) is 12.0. The Morgan fingerprint density at radius 3 is 1.02 bits per heavy atom. The number of likely N-dealkylation sites (N-methyl/N-ethyl adjacent to an activating group) is 1. The summed E-state index contributed by atoms with van der Waals surface area (Å²) < 4.78 is 0. The number of carbonyl (C=O) groups is 11. The zero-order chi connectivity index (χ0) is 49.6. The lowest BCUT2D eigenvalue weighted by Gasteiger charge is -2.30. The van der Waals surface area contributed by atoms with Crippen LogP contribution in [-0.4, -0.2) is 154 Å². The van der Waals surface area contributed by atoms with E-state index in [2.05, 4.69) is 47.9 Å². The van der Waals surface area contributed by atoms with Gasteiger partial charge >= 0.3 is 11.9 Å². The number of hydrogen-bond acceptors (Lipinski definition) is 13. The van der Waals surface area contributed by atoms with Gasteiger partial charge in [-0.15, -0.1) is 0 Å². The normalized spacial score (nSPS) is 15.4. The molecule has 0 spiro atoms. The van der Waals surface area contributed by atoms with Crippen LogP contribution in [0.4, 0.5) is 0 Å². The molecule has 9 atom stereocenters. The van der Waals surface area contributed by atoms with Crippen LogP contribution in [0.3, 0.4) is 0 Å². The quantitative estimate of drug-likeness (QED) is 0.0344. The van der Waals surface area contributed by atoms with E-state index in [0.29, 0.717) is 0 Å². The Kier molecular flexibility index (Phi) is 26.1. The van der Waals surface area contributed by atoms with Gasteiger partial charge in [0.2, 0.25) is 53.2 Å². The minimum Gasteiger partial charge on any atom is -0.481 e. The van der Waals surface area contributed by atoms with Gasteiger partial charge in [-0.3, -0.25) is 52.7 Å². The highest BCUT2D eigenvalue weighted by Crippen LogP contribution is 2.12. The largest absolute Gasteiger partial charge is 0.481 e. The monoisotopic (exact) mass is 915 g/mol. The number of aliphatic hydroxyl groups excluding tert-OH is 2. The van der Waals surface area contributed by atoms with Gasteiger partial charge in [-0.1, -0.05) is 61.8 Å². The lowest BCUT2D eigenvalue weighted by Crippen LogP contribution is -2.62. The van der Waals surface area contributed by atoms with E-state index >= 15 is 0 Å². The van der Waals surface area contributed by atoms with Crippen LogP contribution in [0, 0.1) is 23.7 Å². The maximum atomic E-state index is 13.7. The lowest BCUT2D eigenvalue weighted by molar-refractivity contribution is -0.139. The highest BCUT2D eigenvalue weighted by Gasteiger charge is 2.37. The Labute approximate surface area is 372 Å². The van der Waals surface area contributed by atoms with E-state index in [9.17, 15) is 73.2 Å². The maximum absolute atomic E-state index is 13.7. The second kappa shape index (κ2) is 28.7. The van der Waals surface area contributed by atoms with Gasteiger partial charge in [0.25, 0.3) is 0 Å². The van der Waals surface area contributed by atoms with E-state index < -0.39 is 170 Å². The molecule has 9 amide bonds. The molecule has 24 heteroatoms. The second-order valence-corrected chi connectivity index (χ2v) is 16.3. The molecule has 0 saturated carbocycles. The number of aliphatic hydroxyl groups is 2. The van der Waals surface area contributed by atoms with Crippen molar-refractivity contribution in [1.29, 1.82) is 0 Å². The molecule has 0 aromatic carbocycles. The minimum absolute atomic E-state index is 0.290. The van der Waals surface area contributed by atoms with E-state index in [1.165, 1.54) is 20.9 Å². The van der Waals surface area contributed by atoms with Crippen LogP contribution in [0.25, 0.3) is 0 Å². The van der Waals surface area contributed by atoms with E-state index in [4.69, 9.17) is 0 Å². The Hall–Kier alpha value is -5.91. The highest BCUT2D eigenvalue weighted by molar-refractivity contribution is 5.98. The van der Waals surface area contributed by atoms with Gasteiger partial charge in [-0.05, 0) is 36.5 Å². The van der Waals surface area contributed by atoms with Crippen LogP contribution in [0.2, 0.25) is 0 Å². The van der Waals surface area contributed by atoms with Crippen molar-refractivity contribution in [2.24, 2.45) is 23.7 Å². The molecule has 0 aliphatic carbocycles. The summed E-state index contributed by atoms with van der Waals surface area (Å²) in [4.78, 5) is 141. The summed E-state index contributed by atoms with van der Waals surface area (Å²) in [6, 6.07) is -11.4. The molecule has 0 fully saturated rings. The molecule has 13 N–H and O–H groups in total. The van der Waals surface area contributed by atoms with Crippen molar-refractivity contribution in [1.82, 2.24) is 47.9 Å². The topological polar surface area (TPSA) is 377 Å². The third-order valence-electron chi connectivity index (χ3n) is 10.0. The Balaban J connectivity index is 6.36. The van der Waals surface area contributed by atoms with Crippen LogP contribution in [-0.2, 0) is 52.7 Å². The maximum Gasteiger partial charge on any atom is 0.303 e. The highest BCUT2D eigenvalue weighted by atomic mass is 16.4. The number of amides is 9. The van der Waals surface area contributed by atoms with Gasteiger partial charge in [-0.25, -0.2) is 0 Å². The first-order valence-electron chi connectivity index (χ1n) is 21.0. The fraction of sp³-hybridized carbons (Fsp3) is 0.725. The smallest absolute Gasteiger partial charge is 0.303 e. The van der Waals surface area contributed by atoms with Gasteiger partial charge in [0.05, 0.1) is 13.2 Å². The summed E-state index contributed by atoms with van der Waals surface area (Å²) in [7, 11) is 1.36. The van der Waals surface area contributed by atoms with Crippen molar-refractivity contribution in [3.05, 3.63) is 0 Å². The molecule has 0 heterocycles. The molecule has 0 aromatic rings. The zero-order valence-corrected chi connectivity index (χ0v) is 38.2. The summed E-state index contributed by atoms with van der Waals surface area (Å²) in [5, 5.41) is 60.1. The molecule has 0 aliphatic rings. The molecule has 0 aromatic heterocycles. The van der Waals surface area contributed by atoms with Crippen LogP contribution >= 0.6 is 0 Å². The molecule has 24 nitrogen and oxygen atoms in total. The Morgan fingerprint density at radius 2 is 0.719 bits per heavy atom. The molecule has 0 bridgehead atoms. The van der Waals surface area contributed by atoms with Gasteiger partial charge < -0.3 is 68.3 Å². The van der Waals surface area contributed by atoms with Crippen LogP contribution < -0.4 is 47.9 Å². The zero-order valence-electron chi connectivity index (χ0n) is 38.2. The summed E-state index contributed by atoms with van der Waals surface area (Å²) in [5.41, 5.74) is 0. The van der Waals surface area contributed by atoms with Gasteiger partial charge in [0.15, 0.2) is 0 Å². The number of hydrogen-bond donors (Lipinski definition) is 13. The van der Waals surface area contributed by atoms with E-state index in [1.807, 2.05) is 0 Å². The van der Waals surface area contributed by atoms with Crippen LogP contribution in [0.1, 0.15) is 94.4 Å². The number of carbonyl (C=O) groups excluding carboxylic acids is 9. The molecular weight excluding hydrogens is 846 g/mol. The Bertz CT molecular complexity index is 1660. The van der Waals surface area contributed by atoms with Gasteiger partial charge in [0, 0.05) is 26.8 Å². The number of rotatable bonds is 29. The van der Waals surface area contributed by atoms with Crippen molar-refractivity contribution in [2.75, 3.05) is 20.3 Å². The predicted molar refractivity (Wildman–Crippen MR) is 227 cm³/mol. The van der Waals surface area contributed by atoms with Crippen molar-refractivity contribution in [3.63, 3.8) is 0 Å². The molecule has 0 radical (unpaired) electrons. The number of nitrogens with one attached hydrogen (secondary N) is 9. The van der Waals surface area contributed by atoms with E-state index in [1.54, 1.807) is 41.5 Å². The van der Waals surface area contributed by atoms with Crippen molar-refractivity contribution < 1.29 is 73.2 Å². The summed E-state index contributed by atoms with van der Waals surface area (Å²) in [6.07, 6.45) is -1.74. The van der Waals surface area contributed by atoms with Crippen molar-refractivity contribution in [3.8, 4) is 0 Å². The lowest BCUT2D eigenvalue weighted by atomic mass is 9.96. The fourth-order valence-electron chi connectivity index (χ4n) is 5.97. The number of carboxylic acid groups (broad SMARTS) is 2. The second-order valence-electron chi connectivity index (χ2n) is 16.3. The molecule has 64 heavy (non-hydrogen) atoms. The van der Waals surface area contributed by atoms with E-state index in [0.717, 1.165) is 6.92 Å². The fourth-order valence-corrected chi connectivity index (χ4v) is 5.97. The third kappa shape index (κ3) is 20.1. The predicted octanol–water partition coefficient (Wildman–Crippen LogP) is -3.64. The number of carboxylic acids is 2.